The van der Waals surface area contributed by atoms with E-state index in [9.17, 15) is 22.8 Å². The highest BCUT2D eigenvalue weighted by molar-refractivity contribution is 5.89. The number of halogens is 3. The Hall–Kier alpha value is -1.15. The van der Waals surface area contributed by atoms with Gasteiger partial charge in [-0.1, -0.05) is 6.42 Å². The van der Waals surface area contributed by atoms with Crippen LogP contribution in [0.3, 0.4) is 0 Å². The van der Waals surface area contributed by atoms with Crippen molar-refractivity contribution in [2.24, 2.45) is 5.41 Å². The lowest BCUT2D eigenvalue weighted by Gasteiger charge is -2.59. The van der Waals surface area contributed by atoms with E-state index >= 15 is 0 Å². The summed E-state index contributed by atoms with van der Waals surface area (Å²) < 4.78 is 58.4. The van der Waals surface area contributed by atoms with Gasteiger partial charge >= 0.3 is 12.1 Å². The summed E-state index contributed by atoms with van der Waals surface area (Å²) in [4.78, 5) is 24.8. The highest BCUT2D eigenvalue weighted by Crippen LogP contribution is 2.61. The summed E-state index contributed by atoms with van der Waals surface area (Å²) in [6.45, 7) is 1.19. The summed E-state index contributed by atoms with van der Waals surface area (Å²) in [6.07, 6.45) is -4.60. The van der Waals surface area contributed by atoms with E-state index in [-0.39, 0.29) is 0 Å². The Morgan fingerprint density at radius 1 is 1.17 bits per heavy atom. The Kier molecular flexibility index (Phi) is 3.99. The fraction of sp³-hybridized carbons (Fsp3) is 0.875. The zero-order valence-corrected chi connectivity index (χ0v) is 13.7. The number of ether oxygens (including phenoxy) is 3. The van der Waals surface area contributed by atoms with Crippen LogP contribution in [0.15, 0.2) is 0 Å². The first-order valence-electron chi connectivity index (χ1n) is 8.15. The van der Waals surface area contributed by atoms with Crippen LogP contribution < -0.4 is 0 Å². The average molecular weight is 350 g/mol. The van der Waals surface area contributed by atoms with Crippen molar-refractivity contribution in [2.75, 3.05) is 7.11 Å². The van der Waals surface area contributed by atoms with Gasteiger partial charge in [0, 0.05) is 32.8 Å². The van der Waals surface area contributed by atoms with Crippen molar-refractivity contribution < 1.29 is 37.0 Å². The minimum atomic E-state index is -4.96. The first-order valence-corrected chi connectivity index (χ1v) is 8.15. The van der Waals surface area contributed by atoms with Gasteiger partial charge in [0.2, 0.25) is 11.2 Å². The standard InChI is InChI=1S/C16H21F3O5/c1-13-9-10(20)8-11(22-2)15(13,16(17,18)19)12(21)23-14(24-13)6-4-3-5-7-14/h11H,3-9H2,1-2H3/t11-,13+,15-/m0/s1. The number of hydrogen-bond acceptors (Lipinski definition) is 5. The second-order valence-electron chi connectivity index (χ2n) is 7.14. The minimum Gasteiger partial charge on any atom is -0.432 e. The van der Waals surface area contributed by atoms with E-state index in [1.807, 2.05) is 0 Å². The second-order valence-corrected chi connectivity index (χ2v) is 7.14. The molecule has 0 bridgehead atoms. The maximum Gasteiger partial charge on any atom is 0.410 e. The monoisotopic (exact) mass is 350 g/mol. The highest BCUT2D eigenvalue weighted by atomic mass is 19.4. The van der Waals surface area contributed by atoms with Crippen LogP contribution in [0, 0.1) is 5.41 Å². The molecule has 0 aromatic carbocycles. The SMILES string of the molecule is CO[C@H]1CC(=O)C[C@@]2(C)OC3(CCCCC3)OC(=O)[C@@]12C(F)(F)F. The van der Waals surface area contributed by atoms with Crippen molar-refractivity contribution in [2.45, 2.75) is 75.5 Å². The first kappa shape index (κ1) is 17.7. The number of hydrogen-bond donors (Lipinski definition) is 0. The molecular formula is C16H21F3O5. The molecule has 24 heavy (non-hydrogen) atoms. The molecule has 3 atom stereocenters. The lowest BCUT2D eigenvalue weighted by atomic mass is 9.59. The molecule has 2 saturated carbocycles. The summed E-state index contributed by atoms with van der Waals surface area (Å²) in [6, 6.07) is 0. The third-order valence-electron chi connectivity index (χ3n) is 5.62. The van der Waals surface area contributed by atoms with E-state index in [1.54, 1.807) is 0 Å². The summed E-state index contributed by atoms with van der Waals surface area (Å²) in [5.74, 6) is -3.16. The third-order valence-corrected chi connectivity index (χ3v) is 5.62. The fourth-order valence-corrected chi connectivity index (χ4v) is 4.59. The molecule has 1 spiro atoms. The molecule has 0 aromatic heterocycles. The number of Topliss-reactive ketones (excluding diaryl/α,β-unsaturated/α-hetero) is 1. The molecular weight excluding hydrogens is 329 g/mol. The van der Waals surface area contributed by atoms with E-state index in [4.69, 9.17) is 14.2 Å². The zero-order valence-electron chi connectivity index (χ0n) is 13.7. The minimum absolute atomic E-state index is 0.341. The van der Waals surface area contributed by atoms with Crippen LogP contribution in [-0.2, 0) is 23.8 Å². The average Bonchev–Trinajstić information content (AvgIpc) is 2.43. The molecule has 3 rings (SSSR count). The topological polar surface area (TPSA) is 61.8 Å². The Morgan fingerprint density at radius 3 is 2.33 bits per heavy atom. The smallest absolute Gasteiger partial charge is 0.410 e. The lowest BCUT2D eigenvalue weighted by molar-refractivity contribution is -0.403. The molecule has 0 amide bonds. The zero-order chi connectivity index (χ0) is 17.8. The van der Waals surface area contributed by atoms with Crippen LogP contribution >= 0.6 is 0 Å². The number of fused-ring (bicyclic) bond motifs is 1. The van der Waals surface area contributed by atoms with Crippen molar-refractivity contribution >= 4 is 11.8 Å². The first-order chi connectivity index (χ1) is 11.1. The Labute approximate surface area is 137 Å². The number of carbonyl (C=O) groups excluding carboxylic acids is 2. The summed E-state index contributed by atoms with van der Waals surface area (Å²) in [5, 5.41) is 0. The van der Waals surface area contributed by atoms with Gasteiger partial charge in [-0.3, -0.25) is 9.59 Å². The van der Waals surface area contributed by atoms with Gasteiger partial charge in [-0.05, 0) is 19.8 Å². The molecule has 0 aromatic rings. The fourth-order valence-electron chi connectivity index (χ4n) is 4.59. The van der Waals surface area contributed by atoms with E-state index in [2.05, 4.69) is 0 Å². The molecule has 1 saturated heterocycles. The third kappa shape index (κ3) is 2.22. The van der Waals surface area contributed by atoms with Crippen LogP contribution in [0.5, 0.6) is 0 Å². The van der Waals surface area contributed by atoms with Gasteiger partial charge in [-0.2, -0.15) is 13.2 Å². The quantitative estimate of drug-likeness (QED) is 0.681. The van der Waals surface area contributed by atoms with E-state index < -0.39 is 53.7 Å². The summed E-state index contributed by atoms with van der Waals surface area (Å²) in [7, 11) is 1.06. The molecule has 136 valence electrons. The van der Waals surface area contributed by atoms with E-state index in [1.165, 1.54) is 6.92 Å². The predicted molar refractivity (Wildman–Crippen MR) is 74.9 cm³/mol. The Balaban J connectivity index is 2.13. The largest absolute Gasteiger partial charge is 0.432 e. The van der Waals surface area contributed by atoms with Gasteiger partial charge in [0.25, 0.3) is 0 Å². The molecule has 0 unspecified atom stereocenters. The van der Waals surface area contributed by atoms with Gasteiger partial charge in [0.15, 0.2) is 0 Å². The van der Waals surface area contributed by atoms with Crippen LogP contribution in [0.1, 0.15) is 51.9 Å². The van der Waals surface area contributed by atoms with Crippen molar-refractivity contribution in [3.05, 3.63) is 0 Å². The lowest BCUT2D eigenvalue weighted by Crippen LogP contribution is -2.76. The predicted octanol–water partition coefficient (Wildman–Crippen LogP) is 2.91. The second kappa shape index (κ2) is 5.42. The molecule has 1 aliphatic heterocycles. The molecule has 0 N–H and O–H groups in total. The van der Waals surface area contributed by atoms with Crippen LogP contribution in [0.25, 0.3) is 0 Å². The molecule has 3 fully saturated rings. The number of ketones is 1. The molecule has 5 nitrogen and oxygen atoms in total. The molecule has 0 radical (unpaired) electrons. The molecule has 8 heteroatoms. The van der Waals surface area contributed by atoms with Gasteiger partial charge in [0.05, 0.1) is 6.10 Å². The van der Waals surface area contributed by atoms with Crippen LogP contribution in [0.4, 0.5) is 13.2 Å². The van der Waals surface area contributed by atoms with Crippen LogP contribution in [0.2, 0.25) is 0 Å². The van der Waals surface area contributed by atoms with E-state index in [0.717, 1.165) is 13.5 Å². The van der Waals surface area contributed by atoms with Gasteiger partial charge in [0.1, 0.15) is 11.4 Å². The molecule has 1 heterocycles. The maximum absolute atomic E-state index is 14.1. The summed E-state index contributed by atoms with van der Waals surface area (Å²) >= 11 is 0. The number of carbonyl (C=O) groups is 2. The van der Waals surface area contributed by atoms with Crippen molar-refractivity contribution in [1.29, 1.82) is 0 Å². The van der Waals surface area contributed by atoms with Crippen molar-refractivity contribution in [1.82, 2.24) is 0 Å². The van der Waals surface area contributed by atoms with Crippen LogP contribution in [-0.4, -0.2) is 42.5 Å². The molecule has 2 aliphatic carbocycles. The normalized spacial score (nSPS) is 39.5. The number of rotatable bonds is 1. The van der Waals surface area contributed by atoms with Gasteiger partial charge in [-0.15, -0.1) is 0 Å². The molecule has 3 aliphatic rings. The van der Waals surface area contributed by atoms with Crippen molar-refractivity contribution in [3.8, 4) is 0 Å². The highest BCUT2D eigenvalue weighted by Gasteiger charge is 2.81. The number of alkyl halides is 3. The van der Waals surface area contributed by atoms with Crippen molar-refractivity contribution in [3.63, 3.8) is 0 Å². The summed E-state index contributed by atoms with van der Waals surface area (Å²) in [5.41, 5.74) is -5.03. The van der Waals surface area contributed by atoms with Gasteiger partial charge < -0.3 is 14.2 Å². The maximum atomic E-state index is 14.1. The number of methoxy groups -OCH3 is 1. The van der Waals surface area contributed by atoms with Gasteiger partial charge in [-0.25, -0.2) is 0 Å². The number of esters is 1. The Bertz CT molecular complexity index is 554. The Morgan fingerprint density at radius 2 is 1.79 bits per heavy atom. The van der Waals surface area contributed by atoms with E-state index in [0.29, 0.717) is 25.7 Å².